The molecular weight excluding hydrogens is 184 g/mol. The van der Waals surface area contributed by atoms with Crippen LogP contribution in [0.5, 0.6) is 5.75 Å². The zero-order chi connectivity index (χ0) is 10.6. The molecule has 3 N–H and O–H groups in total. The molecule has 0 aliphatic heterocycles. The van der Waals surface area contributed by atoms with Crippen molar-refractivity contribution in [2.75, 3.05) is 6.61 Å². The number of carboxylic acid groups (broad SMARTS) is 1. The van der Waals surface area contributed by atoms with E-state index in [4.69, 9.17) is 15.3 Å². The van der Waals surface area contributed by atoms with Crippen LogP contribution in [-0.4, -0.2) is 27.9 Å². The van der Waals surface area contributed by atoms with Crippen LogP contribution in [0.2, 0.25) is 0 Å². The molecule has 14 heavy (non-hydrogen) atoms. The fourth-order valence-corrected chi connectivity index (χ4v) is 1.27. The number of hydrogen-bond donors (Lipinski definition) is 3. The van der Waals surface area contributed by atoms with Crippen molar-refractivity contribution in [3.8, 4) is 5.75 Å². The summed E-state index contributed by atoms with van der Waals surface area (Å²) in [5.41, 5.74) is 0.587. The lowest BCUT2D eigenvalue weighted by atomic mass is 9.96. The van der Waals surface area contributed by atoms with Gasteiger partial charge in [0.15, 0.2) is 0 Å². The molecule has 0 radical (unpaired) electrons. The summed E-state index contributed by atoms with van der Waals surface area (Å²) in [5, 5.41) is 26.6. The van der Waals surface area contributed by atoms with E-state index in [1.807, 2.05) is 0 Å². The van der Waals surface area contributed by atoms with Gasteiger partial charge in [0.1, 0.15) is 5.75 Å². The lowest BCUT2D eigenvalue weighted by molar-refractivity contribution is -0.139. The van der Waals surface area contributed by atoms with Crippen molar-refractivity contribution in [2.24, 2.45) is 0 Å². The quantitative estimate of drug-likeness (QED) is 0.669. The first-order valence-electron chi connectivity index (χ1n) is 4.27. The third-order valence-electron chi connectivity index (χ3n) is 2.01. The van der Waals surface area contributed by atoms with Gasteiger partial charge in [0.2, 0.25) is 0 Å². The highest BCUT2D eigenvalue weighted by Crippen LogP contribution is 2.21. The third kappa shape index (κ3) is 2.47. The number of aromatic hydroxyl groups is 1. The number of benzene rings is 1. The number of phenols is 1. The van der Waals surface area contributed by atoms with Crippen molar-refractivity contribution in [1.82, 2.24) is 0 Å². The Bertz CT molecular complexity index is 304. The van der Waals surface area contributed by atoms with Crippen LogP contribution in [0.25, 0.3) is 0 Å². The predicted octanol–water partition coefficient (Wildman–Crippen LogP) is 0.943. The Morgan fingerprint density at radius 3 is 2.29 bits per heavy atom. The van der Waals surface area contributed by atoms with Crippen LogP contribution >= 0.6 is 0 Å². The zero-order valence-corrected chi connectivity index (χ0v) is 7.55. The first kappa shape index (κ1) is 10.5. The average molecular weight is 196 g/mol. The minimum Gasteiger partial charge on any atom is -0.508 e. The summed E-state index contributed by atoms with van der Waals surface area (Å²) in [5.74, 6) is -1.58. The monoisotopic (exact) mass is 196 g/mol. The molecule has 0 aliphatic carbocycles. The molecule has 1 atom stereocenters. The number of aliphatic hydroxyl groups excluding tert-OH is 1. The number of aliphatic carboxylic acids is 1. The van der Waals surface area contributed by atoms with Crippen LogP contribution in [-0.2, 0) is 4.79 Å². The van der Waals surface area contributed by atoms with E-state index in [1.165, 1.54) is 12.1 Å². The first-order valence-corrected chi connectivity index (χ1v) is 4.27. The number of carbonyl (C=O) groups is 1. The van der Waals surface area contributed by atoms with Crippen molar-refractivity contribution in [3.05, 3.63) is 29.8 Å². The van der Waals surface area contributed by atoms with Gasteiger partial charge >= 0.3 is 5.97 Å². The largest absolute Gasteiger partial charge is 0.508 e. The molecule has 1 rings (SSSR count). The summed E-state index contributed by atoms with van der Waals surface area (Å²) in [6.45, 7) is -0.169. The molecule has 0 aromatic heterocycles. The van der Waals surface area contributed by atoms with Gasteiger partial charge in [-0.2, -0.15) is 0 Å². The van der Waals surface area contributed by atoms with Crippen LogP contribution in [0.3, 0.4) is 0 Å². The Morgan fingerprint density at radius 2 is 1.86 bits per heavy atom. The van der Waals surface area contributed by atoms with Crippen molar-refractivity contribution < 1.29 is 20.1 Å². The van der Waals surface area contributed by atoms with Gasteiger partial charge in [-0.15, -0.1) is 0 Å². The Labute approximate surface area is 81.4 Å². The maximum atomic E-state index is 10.8. The second kappa shape index (κ2) is 4.62. The normalized spacial score (nSPS) is 12.4. The van der Waals surface area contributed by atoms with E-state index in [-0.39, 0.29) is 18.8 Å². The summed E-state index contributed by atoms with van der Waals surface area (Å²) in [4.78, 5) is 10.8. The highest BCUT2D eigenvalue weighted by atomic mass is 16.4. The maximum Gasteiger partial charge on any atom is 0.311 e. The Balaban J connectivity index is 2.87. The van der Waals surface area contributed by atoms with Crippen LogP contribution in [0.4, 0.5) is 0 Å². The van der Waals surface area contributed by atoms with Gasteiger partial charge in [0.25, 0.3) is 0 Å². The van der Waals surface area contributed by atoms with Crippen LogP contribution in [0, 0.1) is 0 Å². The Hall–Kier alpha value is -1.55. The van der Waals surface area contributed by atoms with Gasteiger partial charge < -0.3 is 15.3 Å². The maximum absolute atomic E-state index is 10.8. The molecule has 0 amide bonds. The number of phenolic OH excluding ortho intramolecular Hbond substituents is 1. The fourth-order valence-electron chi connectivity index (χ4n) is 1.27. The molecule has 1 unspecified atom stereocenters. The SMILES string of the molecule is O=C(O)C(CCO)c1ccc(O)cc1. The molecule has 0 saturated heterocycles. The minimum atomic E-state index is -0.968. The van der Waals surface area contributed by atoms with E-state index in [0.717, 1.165) is 0 Å². The molecule has 76 valence electrons. The van der Waals surface area contributed by atoms with E-state index in [0.29, 0.717) is 5.56 Å². The second-order valence-corrected chi connectivity index (χ2v) is 2.99. The van der Waals surface area contributed by atoms with Crippen molar-refractivity contribution in [1.29, 1.82) is 0 Å². The summed E-state index contributed by atoms with van der Waals surface area (Å²) in [6, 6.07) is 5.96. The summed E-state index contributed by atoms with van der Waals surface area (Å²) in [7, 11) is 0. The lowest BCUT2D eigenvalue weighted by Gasteiger charge is -2.10. The number of rotatable bonds is 4. The van der Waals surface area contributed by atoms with Crippen LogP contribution < -0.4 is 0 Å². The summed E-state index contributed by atoms with van der Waals surface area (Å²) < 4.78 is 0. The second-order valence-electron chi connectivity index (χ2n) is 2.99. The van der Waals surface area contributed by atoms with Gasteiger partial charge in [0, 0.05) is 6.61 Å². The van der Waals surface area contributed by atoms with E-state index >= 15 is 0 Å². The molecule has 0 fully saturated rings. The fraction of sp³-hybridized carbons (Fsp3) is 0.300. The van der Waals surface area contributed by atoms with Gasteiger partial charge in [-0.1, -0.05) is 12.1 Å². The molecule has 4 heteroatoms. The van der Waals surface area contributed by atoms with Crippen LogP contribution in [0.15, 0.2) is 24.3 Å². The predicted molar refractivity (Wildman–Crippen MR) is 50.2 cm³/mol. The van der Waals surface area contributed by atoms with E-state index < -0.39 is 11.9 Å². The molecule has 0 spiro atoms. The van der Waals surface area contributed by atoms with Gasteiger partial charge in [0.05, 0.1) is 5.92 Å². The Morgan fingerprint density at radius 1 is 1.29 bits per heavy atom. The van der Waals surface area contributed by atoms with Crippen molar-refractivity contribution in [2.45, 2.75) is 12.3 Å². The molecule has 1 aromatic carbocycles. The first-order chi connectivity index (χ1) is 6.65. The molecule has 0 saturated carbocycles. The molecule has 0 heterocycles. The van der Waals surface area contributed by atoms with E-state index in [2.05, 4.69) is 0 Å². The molecule has 0 bridgehead atoms. The Kier molecular flexibility index (Phi) is 3.48. The average Bonchev–Trinajstić information content (AvgIpc) is 2.15. The van der Waals surface area contributed by atoms with Gasteiger partial charge in [-0.25, -0.2) is 0 Å². The van der Waals surface area contributed by atoms with Crippen molar-refractivity contribution >= 4 is 5.97 Å². The summed E-state index contributed by atoms with van der Waals surface area (Å²) >= 11 is 0. The standard InChI is InChI=1S/C10H12O4/c11-6-5-9(10(13)14)7-1-3-8(12)4-2-7/h1-4,9,11-12H,5-6H2,(H,13,14). The van der Waals surface area contributed by atoms with Crippen molar-refractivity contribution in [3.63, 3.8) is 0 Å². The van der Waals surface area contributed by atoms with E-state index in [9.17, 15) is 4.79 Å². The third-order valence-corrected chi connectivity index (χ3v) is 2.01. The topological polar surface area (TPSA) is 77.8 Å². The summed E-state index contributed by atoms with van der Waals surface area (Å²) in [6.07, 6.45) is 0.181. The van der Waals surface area contributed by atoms with Gasteiger partial charge in [-0.05, 0) is 24.1 Å². The smallest absolute Gasteiger partial charge is 0.311 e. The zero-order valence-electron chi connectivity index (χ0n) is 7.55. The highest BCUT2D eigenvalue weighted by Gasteiger charge is 2.18. The minimum absolute atomic E-state index is 0.0990. The number of aliphatic hydroxyl groups is 1. The number of carboxylic acids is 1. The number of hydrogen-bond acceptors (Lipinski definition) is 3. The van der Waals surface area contributed by atoms with E-state index in [1.54, 1.807) is 12.1 Å². The molecule has 4 nitrogen and oxygen atoms in total. The lowest BCUT2D eigenvalue weighted by Crippen LogP contribution is -2.12. The highest BCUT2D eigenvalue weighted by molar-refractivity contribution is 5.76. The molecule has 0 aliphatic rings. The molecule has 1 aromatic rings. The molecular formula is C10H12O4. The van der Waals surface area contributed by atoms with Gasteiger partial charge in [-0.3, -0.25) is 4.79 Å². The van der Waals surface area contributed by atoms with Crippen LogP contribution in [0.1, 0.15) is 17.9 Å².